The minimum atomic E-state index is -4.34. The number of halogens is 4. The standard InChI is InChI=1S/C12H16F4N2O/c13-11-4-2-1-3-9(11)7-10(18-17)5-6-19-8-12(14,15)16/h1-4,10,18H,5-8,17H2. The van der Waals surface area contributed by atoms with Crippen LogP contribution in [0, 0.1) is 5.82 Å². The molecule has 108 valence electrons. The van der Waals surface area contributed by atoms with Crippen LogP contribution in [0.15, 0.2) is 24.3 Å². The van der Waals surface area contributed by atoms with E-state index in [1.165, 1.54) is 6.07 Å². The Balaban J connectivity index is 2.36. The van der Waals surface area contributed by atoms with Crippen LogP contribution in [-0.2, 0) is 11.2 Å². The Morgan fingerprint density at radius 1 is 1.26 bits per heavy atom. The number of hydrogen-bond acceptors (Lipinski definition) is 3. The lowest BCUT2D eigenvalue weighted by atomic mass is 10.0. The first-order valence-electron chi connectivity index (χ1n) is 5.76. The second-order valence-electron chi connectivity index (χ2n) is 4.12. The third kappa shape index (κ3) is 6.51. The molecule has 1 aromatic carbocycles. The van der Waals surface area contributed by atoms with E-state index in [0.717, 1.165) is 0 Å². The van der Waals surface area contributed by atoms with Gasteiger partial charge in [0.05, 0.1) is 0 Å². The van der Waals surface area contributed by atoms with Crippen molar-refractivity contribution in [1.29, 1.82) is 0 Å². The Morgan fingerprint density at radius 2 is 1.95 bits per heavy atom. The van der Waals surface area contributed by atoms with Crippen LogP contribution in [0.4, 0.5) is 17.6 Å². The summed E-state index contributed by atoms with van der Waals surface area (Å²) in [6, 6.07) is 5.84. The van der Waals surface area contributed by atoms with Gasteiger partial charge >= 0.3 is 6.18 Å². The number of hydrogen-bond donors (Lipinski definition) is 2. The number of ether oxygens (including phenoxy) is 1. The molecule has 1 atom stereocenters. The first-order valence-corrected chi connectivity index (χ1v) is 5.76. The molecule has 3 nitrogen and oxygen atoms in total. The Hall–Kier alpha value is -1.18. The van der Waals surface area contributed by atoms with E-state index in [1.807, 2.05) is 0 Å². The highest BCUT2D eigenvalue weighted by Gasteiger charge is 2.27. The second kappa shape index (κ2) is 7.42. The Morgan fingerprint density at radius 3 is 2.53 bits per heavy atom. The van der Waals surface area contributed by atoms with Crippen molar-refractivity contribution >= 4 is 0 Å². The number of hydrazine groups is 1. The maximum absolute atomic E-state index is 13.4. The van der Waals surface area contributed by atoms with Crippen molar-refractivity contribution in [1.82, 2.24) is 5.43 Å². The normalized spacial score (nSPS) is 13.5. The van der Waals surface area contributed by atoms with Crippen LogP contribution in [0.2, 0.25) is 0 Å². The molecule has 1 rings (SSSR count). The molecule has 0 amide bonds. The molecule has 0 saturated carbocycles. The summed E-state index contributed by atoms with van der Waals surface area (Å²) in [6.45, 7) is -1.38. The third-order valence-electron chi connectivity index (χ3n) is 2.54. The Bertz CT molecular complexity index is 384. The predicted molar refractivity (Wildman–Crippen MR) is 62.7 cm³/mol. The largest absolute Gasteiger partial charge is 0.411 e. The van der Waals surface area contributed by atoms with Gasteiger partial charge in [-0.2, -0.15) is 13.2 Å². The maximum atomic E-state index is 13.4. The fourth-order valence-electron chi connectivity index (χ4n) is 1.59. The molecule has 0 fully saturated rings. The first-order chi connectivity index (χ1) is 8.92. The van der Waals surface area contributed by atoms with Crippen molar-refractivity contribution in [2.24, 2.45) is 5.84 Å². The molecule has 0 spiro atoms. The van der Waals surface area contributed by atoms with Gasteiger partial charge in [-0.1, -0.05) is 18.2 Å². The zero-order chi connectivity index (χ0) is 14.3. The minimum absolute atomic E-state index is 0.0944. The van der Waals surface area contributed by atoms with Gasteiger partial charge < -0.3 is 4.74 Å². The summed E-state index contributed by atoms with van der Waals surface area (Å²) in [7, 11) is 0. The van der Waals surface area contributed by atoms with E-state index in [1.54, 1.807) is 18.2 Å². The summed E-state index contributed by atoms with van der Waals surface area (Å²) in [5.41, 5.74) is 2.91. The van der Waals surface area contributed by atoms with Crippen LogP contribution < -0.4 is 11.3 Å². The number of rotatable bonds is 7. The van der Waals surface area contributed by atoms with Crippen LogP contribution in [0.1, 0.15) is 12.0 Å². The van der Waals surface area contributed by atoms with Crippen molar-refractivity contribution in [2.75, 3.05) is 13.2 Å². The van der Waals surface area contributed by atoms with Crippen LogP contribution in [0.3, 0.4) is 0 Å². The molecule has 0 aromatic heterocycles. The number of nitrogens with two attached hydrogens (primary N) is 1. The van der Waals surface area contributed by atoms with E-state index in [4.69, 9.17) is 5.84 Å². The SMILES string of the molecule is NNC(CCOCC(F)(F)F)Cc1ccccc1F. The lowest BCUT2D eigenvalue weighted by Gasteiger charge is -2.16. The zero-order valence-electron chi connectivity index (χ0n) is 10.2. The smallest absolute Gasteiger partial charge is 0.372 e. The van der Waals surface area contributed by atoms with Crippen molar-refractivity contribution in [3.05, 3.63) is 35.6 Å². The van der Waals surface area contributed by atoms with E-state index >= 15 is 0 Å². The van der Waals surface area contributed by atoms with Gasteiger partial charge in [-0.25, -0.2) is 4.39 Å². The van der Waals surface area contributed by atoms with E-state index in [-0.39, 0.29) is 24.9 Å². The summed E-state index contributed by atoms with van der Waals surface area (Å²) in [5.74, 6) is 4.93. The van der Waals surface area contributed by atoms with Crippen molar-refractivity contribution in [2.45, 2.75) is 25.1 Å². The zero-order valence-corrected chi connectivity index (χ0v) is 10.2. The van der Waals surface area contributed by atoms with Crippen LogP contribution in [-0.4, -0.2) is 25.4 Å². The van der Waals surface area contributed by atoms with Crippen molar-refractivity contribution in [3.63, 3.8) is 0 Å². The Labute approximate surface area is 108 Å². The molecule has 0 heterocycles. The van der Waals surface area contributed by atoms with E-state index in [2.05, 4.69) is 10.2 Å². The molecular weight excluding hydrogens is 264 g/mol. The highest BCUT2D eigenvalue weighted by molar-refractivity contribution is 5.18. The number of benzene rings is 1. The molecule has 0 radical (unpaired) electrons. The number of nitrogens with one attached hydrogen (secondary N) is 1. The molecule has 3 N–H and O–H groups in total. The molecule has 7 heteroatoms. The molecule has 0 saturated heterocycles. The fraction of sp³-hybridized carbons (Fsp3) is 0.500. The maximum Gasteiger partial charge on any atom is 0.411 e. The topological polar surface area (TPSA) is 47.3 Å². The van der Waals surface area contributed by atoms with Gasteiger partial charge in [0, 0.05) is 12.6 Å². The molecule has 0 aliphatic rings. The first kappa shape index (κ1) is 15.9. The minimum Gasteiger partial charge on any atom is -0.372 e. The fourth-order valence-corrected chi connectivity index (χ4v) is 1.59. The van der Waals surface area contributed by atoms with Gasteiger partial charge in [-0.15, -0.1) is 0 Å². The van der Waals surface area contributed by atoms with Crippen LogP contribution in [0.5, 0.6) is 0 Å². The summed E-state index contributed by atoms with van der Waals surface area (Å²) >= 11 is 0. The van der Waals surface area contributed by atoms with Crippen LogP contribution in [0.25, 0.3) is 0 Å². The summed E-state index contributed by atoms with van der Waals surface area (Å²) < 4.78 is 53.4. The van der Waals surface area contributed by atoms with E-state index < -0.39 is 12.8 Å². The lowest BCUT2D eigenvalue weighted by Crippen LogP contribution is -2.38. The lowest BCUT2D eigenvalue weighted by molar-refractivity contribution is -0.174. The quantitative estimate of drug-likeness (QED) is 0.348. The predicted octanol–water partition coefficient (Wildman–Crippen LogP) is 2.17. The van der Waals surface area contributed by atoms with Crippen molar-refractivity contribution < 1.29 is 22.3 Å². The van der Waals surface area contributed by atoms with Gasteiger partial charge in [0.2, 0.25) is 0 Å². The van der Waals surface area contributed by atoms with Crippen molar-refractivity contribution in [3.8, 4) is 0 Å². The van der Waals surface area contributed by atoms with Gasteiger partial charge in [-0.05, 0) is 24.5 Å². The molecule has 0 aliphatic heterocycles. The average Bonchev–Trinajstić information content (AvgIpc) is 2.34. The summed E-state index contributed by atoms with van der Waals surface area (Å²) in [6.07, 6.45) is -3.78. The molecular formula is C12H16F4N2O. The third-order valence-corrected chi connectivity index (χ3v) is 2.54. The van der Waals surface area contributed by atoms with Gasteiger partial charge in [0.15, 0.2) is 0 Å². The van der Waals surface area contributed by atoms with Gasteiger partial charge in [0.1, 0.15) is 12.4 Å². The van der Waals surface area contributed by atoms with Gasteiger partial charge in [-0.3, -0.25) is 11.3 Å². The number of alkyl halides is 3. The van der Waals surface area contributed by atoms with Crippen LogP contribution >= 0.6 is 0 Å². The Kier molecular flexibility index (Phi) is 6.20. The highest BCUT2D eigenvalue weighted by Crippen LogP contribution is 2.15. The highest BCUT2D eigenvalue weighted by atomic mass is 19.4. The summed E-state index contributed by atoms with van der Waals surface area (Å²) in [5, 5.41) is 0. The average molecular weight is 280 g/mol. The monoisotopic (exact) mass is 280 g/mol. The summed E-state index contributed by atoms with van der Waals surface area (Å²) in [4.78, 5) is 0. The second-order valence-corrected chi connectivity index (χ2v) is 4.12. The molecule has 1 aromatic rings. The molecule has 19 heavy (non-hydrogen) atoms. The molecule has 0 aliphatic carbocycles. The molecule has 1 unspecified atom stereocenters. The van der Waals surface area contributed by atoms with Gasteiger partial charge in [0.25, 0.3) is 0 Å². The molecule has 0 bridgehead atoms. The van der Waals surface area contributed by atoms with E-state index in [0.29, 0.717) is 12.0 Å². The van der Waals surface area contributed by atoms with E-state index in [9.17, 15) is 17.6 Å².